The molecule has 1 heterocycles. The monoisotopic (exact) mass is 466 g/mol. The molecule has 33 heavy (non-hydrogen) atoms. The van der Waals surface area contributed by atoms with Crippen molar-refractivity contribution in [3.8, 4) is 11.5 Å². The lowest BCUT2D eigenvalue weighted by molar-refractivity contribution is -0.113. The molecule has 0 aliphatic rings. The number of anilines is 1. The van der Waals surface area contributed by atoms with Gasteiger partial charge in [0.05, 0.1) is 18.6 Å². The Hall–Kier alpha value is -3.26. The highest BCUT2D eigenvalue weighted by molar-refractivity contribution is 7.99. The highest BCUT2D eigenvalue weighted by Crippen LogP contribution is 2.29. The summed E-state index contributed by atoms with van der Waals surface area (Å²) in [6.07, 6.45) is 1.78. The van der Waals surface area contributed by atoms with E-state index in [0.717, 1.165) is 16.9 Å². The van der Waals surface area contributed by atoms with Gasteiger partial charge in [0.2, 0.25) is 5.91 Å². The minimum Gasteiger partial charge on any atom is -0.495 e. The fourth-order valence-electron chi connectivity index (χ4n) is 3.30. The predicted molar refractivity (Wildman–Crippen MR) is 132 cm³/mol. The van der Waals surface area contributed by atoms with Crippen molar-refractivity contribution in [2.75, 3.05) is 18.2 Å². The minimum atomic E-state index is -0.156. The van der Waals surface area contributed by atoms with Crippen molar-refractivity contribution < 1.29 is 14.3 Å². The standard InChI is InChI=1S/C25H30N4O3S/c1-6-13-29-23(15-32-22-14-18(4)11-12-19(22)17(2)3)27-28-25(29)33-16-24(30)26-20-9-7-8-10-21(20)31-5/h6-12,14,17H,1,13,15-16H2,2-5H3,(H,26,30). The highest BCUT2D eigenvalue weighted by Gasteiger charge is 2.16. The third-order valence-electron chi connectivity index (χ3n) is 4.97. The molecule has 0 unspecified atom stereocenters. The van der Waals surface area contributed by atoms with E-state index in [4.69, 9.17) is 9.47 Å². The van der Waals surface area contributed by atoms with Gasteiger partial charge in [-0.15, -0.1) is 16.8 Å². The molecule has 0 spiro atoms. The maximum atomic E-state index is 12.5. The molecule has 1 N–H and O–H groups in total. The molecule has 0 radical (unpaired) electrons. The molecule has 3 rings (SSSR count). The first-order chi connectivity index (χ1) is 15.9. The first-order valence-electron chi connectivity index (χ1n) is 10.7. The molecular weight excluding hydrogens is 436 g/mol. The van der Waals surface area contributed by atoms with E-state index in [-0.39, 0.29) is 18.3 Å². The van der Waals surface area contributed by atoms with Crippen LogP contribution in [0.1, 0.15) is 36.7 Å². The van der Waals surface area contributed by atoms with Gasteiger partial charge in [-0.1, -0.05) is 56.0 Å². The van der Waals surface area contributed by atoms with Gasteiger partial charge < -0.3 is 14.8 Å². The normalized spacial score (nSPS) is 10.8. The number of carbonyl (C=O) groups excluding carboxylic acids is 1. The highest BCUT2D eigenvalue weighted by atomic mass is 32.2. The second kappa shape index (κ2) is 11.6. The number of nitrogens with one attached hydrogen (secondary N) is 1. The summed E-state index contributed by atoms with van der Waals surface area (Å²) in [5.74, 6) is 2.52. The van der Waals surface area contributed by atoms with Gasteiger partial charge in [-0.25, -0.2) is 0 Å². The van der Waals surface area contributed by atoms with Gasteiger partial charge in [0.15, 0.2) is 11.0 Å². The molecule has 8 heteroatoms. The van der Waals surface area contributed by atoms with Crippen molar-refractivity contribution in [3.05, 3.63) is 72.1 Å². The van der Waals surface area contributed by atoms with E-state index >= 15 is 0 Å². The summed E-state index contributed by atoms with van der Waals surface area (Å²) in [6.45, 7) is 11.0. The molecule has 1 amide bonds. The summed E-state index contributed by atoms with van der Waals surface area (Å²) in [6, 6.07) is 13.5. The Bertz CT molecular complexity index is 1110. The zero-order chi connectivity index (χ0) is 23.8. The number of benzene rings is 2. The van der Waals surface area contributed by atoms with Gasteiger partial charge in [0.1, 0.15) is 18.1 Å². The van der Waals surface area contributed by atoms with Crippen LogP contribution in [0.2, 0.25) is 0 Å². The number of aromatic nitrogens is 3. The number of allylic oxidation sites excluding steroid dienone is 1. The molecule has 2 aromatic carbocycles. The molecule has 3 aromatic rings. The molecule has 1 aromatic heterocycles. The lowest BCUT2D eigenvalue weighted by Crippen LogP contribution is -2.15. The molecule has 174 valence electrons. The third kappa shape index (κ3) is 6.38. The van der Waals surface area contributed by atoms with E-state index in [1.807, 2.05) is 29.7 Å². The Kier molecular flexibility index (Phi) is 8.54. The predicted octanol–water partition coefficient (Wildman–Crippen LogP) is 5.21. The van der Waals surface area contributed by atoms with Gasteiger partial charge in [-0.05, 0) is 42.2 Å². The number of aryl methyl sites for hydroxylation is 1. The number of carbonyl (C=O) groups is 1. The Morgan fingerprint density at radius 2 is 2.00 bits per heavy atom. The van der Waals surface area contributed by atoms with E-state index in [1.54, 1.807) is 25.3 Å². The molecule has 7 nitrogen and oxygen atoms in total. The van der Waals surface area contributed by atoms with Crippen LogP contribution in [0.15, 0.2) is 60.3 Å². The van der Waals surface area contributed by atoms with Crippen LogP contribution in [0.4, 0.5) is 5.69 Å². The molecule has 0 saturated heterocycles. The van der Waals surface area contributed by atoms with E-state index < -0.39 is 0 Å². The van der Waals surface area contributed by atoms with Crippen molar-refractivity contribution in [1.29, 1.82) is 0 Å². The Morgan fingerprint density at radius 3 is 2.73 bits per heavy atom. The number of methoxy groups -OCH3 is 1. The van der Waals surface area contributed by atoms with Crippen molar-refractivity contribution >= 4 is 23.4 Å². The van der Waals surface area contributed by atoms with E-state index in [1.165, 1.54) is 11.8 Å². The Morgan fingerprint density at radius 1 is 1.21 bits per heavy atom. The van der Waals surface area contributed by atoms with Crippen LogP contribution in [0.3, 0.4) is 0 Å². The molecule has 0 aliphatic carbocycles. The molecule has 0 aliphatic heterocycles. The first-order valence-corrected chi connectivity index (χ1v) is 11.7. The number of nitrogens with zero attached hydrogens (tertiary/aromatic N) is 3. The van der Waals surface area contributed by atoms with E-state index in [0.29, 0.717) is 34.9 Å². The number of hydrogen-bond acceptors (Lipinski definition) is 6. The second-order valence-electron chi connectivity index (χ2n) is 7.82. The zero-order valence-corrected chi connectivity index (χ0v) is 20.3. The van der Waals surface area contributed by atoms with Crippen molar-refractivity contribution in [1.82, 2.24) is 14.8 Å². The number of rotatable bonds is 11. The molecular formula is C25H30N4O3S. The number of amides is 1. The first kappa shape index (κ1) is 24.4. The SMILES string of the molecule is C=CCn1c(COc2cc(C)ccc2C(C)C)nnc1SCC(=O)Nc1ccccc1OC. The average molecular weight is 467 g/mol. The van der Waals surface area contributed by atoms with Crippen LogP contribution in [-0.4, -0.2) is 33.5 Å². The summed E-state index contributed by atoms with van der Waals surface area (Å²) in [4.78, 5) is 12.5. The fraction of sp³-hybridized carbons (Fsp3) is 0.320. The van der Waals surface area contributed by atoms with Gasteiger partial charge in [0, 0.05) is 6.54 Å². The fourth-order valence-corrected chi connectivity index (χ4v) is 4.06. The van der Waals surface area contributed by atoms with Gasteiger partial charge >= 0.3 is 0 Å². The summed E-state index contributed by atoms with van der Waals surface area (Å²) in [7, 11) is 1.57. The Balaban J connectivity index is 1.68. The number of thioether (sulfide) groups is 1. The van der Waals surface area contributed by atoms with Crippen molar-refractivity contribution in [3.63, 3.8) is 0 Å². The molecule has 0 saturated carbocycles. The summed E-state index contributed by atoms with van der Waals surface area (Å²) < 4.78 is 13.3. The van der Waals surface area contributed by atoms with Crippen LogP contribution < -0.4 is 14.8 Å². The maximum absolute atomic E-state index is 12.5. The summed E-state index contributed by atoms with van der Waals surface area (Å²) >= 11 is 1.31. The lowest BCUT2D eigenvalue weighted by atomic mass is 10.0. The average Bonchev–Trinajstić information content (AvgIpc) is 3.18. The second-order valence-corrected chi connectivity index (χ2v) is 8.76. The van der Waals surface area contributed by atoms with Gasteiger partial charge in [-0.2, -0.15) is 0 Å². The third-order valence-corrected chi connectivity index (χ3v) is 5.93. The Labute approximate surface area is 199 Å². The number of hydrogen-bond donors (Lipinski definition) is 1. The number of ether oxygens (including phenoxy) is 2. The largest absolute Gasteiger partial charge is 0.495 e. The molecule has 0 atom stereocenters. The molecule has 0 fully saturated rings. The quantitative estimate of drug-likeness (QED) is 0.309. The summed E-state index contributed by atoms with van der Waals surface area (Å²) in [5, 5.41) is 12.1. The topological polar surface area (TPSA) is 78.3 Å². The minimum absolute atomic E-state index is 0.156. The maximum Gasteiger partial charge on any atom is 0.234 e. The number of para-hydroxylation sites is 2. The van der Waals surface area contributed by atoms with E-state index in [9.17, 15) is 4.79 Å². The van der Waals surface area contributed by atoms with Gasteiger partial charge in [-0.3, -0.25) is 9.36 Å². The zero-order valence-electron chi connectivity index (χ0n) is 19.5. The summed E-state index contributed by atoms with van der Waals surface area (Å²) in [5.41, 5.74) is 2.92. The smallest absolute Gasteiger partial charge is 0.234 e. The van der Waals surface area contributed by atoms with Crippen molar-refractivity contribution in [2.45, 2.75) is 45.0 Å². The van der Waals surface area contributed by atoms with Crippen LogP contribution in [0.25, 0.3) is 0 Å². The molecule has 0 bridgehead atoms. The van der Waals surface area contributed by atoms with Crippen molar-refractivity contribution in [2.24, 2.45) is 0 Å². The van der Waals surface area contributed by atoms with Crippen LogP contribution in [0.5, 0.6) is 11.5 Å². The van der Waals surface area contributed by atoms with Crippen LogP contribution in [-0.2, 0) is 17.9 Å². The van der Waals surface area contributed by atoms with E-state index in [2.05, 4.69) is 48.1 Å². The lowest BCUT2D eigenvalue weighted by Gasteiger charge is -2.15. The van der Waals surface area contributed by atoms with Crippen LogP contribution >= 0.6 is 11.8 Å². The van der Waals surface area contributed by atoms with Crippen LogP contribution in [0, 0.1) is 6.92 Å². The van der Waals surface area contributed by atoms with Gasteiger partial charge in [0.25, 0.3) is 0 Å².